The highest BCUT2D eigenvalue weighted by Crippen LogP contribution is 2.27. The Morgan fingerprint density at radius 3 is 2.42 bits per heavy atom. The highest BCUT2D eigenvalue weighted by Gasteiger charge is 2.30. The van der Waals surface area contributed by atoms with Crippen LogP contribution in [0.5, 0.6) is 11.5 Å². The van der Waals surface area contributed by atoms with Crippen LogP contribution in [0.25, 0.3) is 0 Å². The van der Waals surface area contributed by atoms with Crippen molar-refractivity contribution in [3.05, 3.63) is 59.2 Å². The fraction of sp³-hybridized carbons (Fsp3) is 0.458. The van der Waals surface area contributed by atoms with Crippen molar-refractivity contribution in [2.24, 2.45) is 5.73 Å². The van der Waals surface area contributed by atoms with Gasteiger partial charge >= 0.3 is 0 Å². The number of carbonyl (C=O) groups excluding carboxylic acids is 1. The zero-order chi connectivity index (χ0) is 22.4. The van der Waals surface area contributed by atoms with E-state index < -0.39 is 12.1 Å². The van der Waals surface area contributed by atoms with Crippen LogP contribution in [-0.4, -0.2) is 73.4 Å². The van der Waals surface area contributed by atoms with Crippen molar-refractivity contribution in [1.82, 2.24) is 9.80 Å². The van der Waals surface area contributed by atoms with Crippen LogP contribution in [0, 0.1) is 13.8 Å². The van der Waals surface area contributed by atoms with Gasteiger partial charge < -0.3 is 20.3 Å². The van der Waals surface area contributed by atoms with Gasteiger partial charge in [0.25, 0.3) is 0 Å². The van der Waals surface area contributed by atoms with Gasteiger partial charge in [0.15, 0.2) is 11.5 Å². The summed E-state index contributed by atoms with van der Waals surface area (Å²) in [6, 6.07) is 13.1. The molecule has 7 heteroatoms. The standard InChI is InChI=1S/C24H33N3O4/c1-17-8-9-18(2)20(14-17)23(24(25)29)27-12-10-26(11-13-27)15-19(28)16-31-22-7-5-4-6-21(22)30-3/h4-9,14,19,23,28H,10-13,15-16H2,1-3H3,(H2,25,29). The first-order chi connectivity index (χ1) is 14.9. The number of rotatable bonds is 9. The minimum absolute atomic E-state index is 0.187. The molecule has 1 heterocycles. The second-order valence-electron chi connectivity index (χ2n) is 8.12. The van der Waals surface area contributed by atoms with Gasteiger partial charge in [0.2, 0.25) is 5.91 Å². The summed E-state index contributed by atoms with van der Waals surface area (Å²) in [5.74, 6) is 0.936. The smallest absolute Gasteiger partial charge is 0.239 e. The number of hydrogen-bond acceptors (Lipinski definition) is 6. The lowest BCUT2D eigenvalue weighted by Gasteiger charge is -2.39. The zero-order valence-corrected chi connectivity index (χ0v) is 18.6. The van der Waals surface area contributed by atoms with Crippen molar-refractivity contribution in [3.8, 4) is 11.5 Å². The molecule has 1 fully saturated rings. The third-order valence-electron chi connectivity index (χ3n) is 5.74. The maximum Gasteiger partial charge on any atom is 0.239 e. The Hall–Kier alpha value is -2.61. The quantitative estimate of drug-likeness (QED) is 0.636. The summed E-state index contributed by atoms with van der Waals surface area (Å²) in [5.41, 5.74) is 8.95. The highest BCUT2D eigenvalue weighted by molar-refractivity contribution is 5.82. The molecule has 2 aromatic rings. The van der Waals surface area contributed by atoms with Crippen LogP contribution in [0.15, 0.2) is 42.5 Å². The van der Waals surface area contributed by atoms with Gasteiger partial charge in [-0.25, -0.2) is 0 Å². The maximum absolute atomic E-state index is 12.3. The number of aryl methyl sites for hydroxylation is 2. The number of ether oxygens (including phenoxy) is 2. The molecule has 31 heavy (non-hydrogen) atoms. The van der Waals surface area contributed by atoms with E-state index in [2.05, 4.69) is 15.9 Å². The van der Waals surface area contributed by atoms with Gasteiger partial charge in [-0.1, -0.05) is 35.9 Å². The Morgan fingerprint density at radius 1 is 1.10 bits per heavy atom. The maximum atomic E-state index is 12.3. The number of piperazine rings is 1. The second kappa shape index (κ2) is 10.6. The minimum atomic E-state index is -0.623. The largest absolute Gasteiger partial charge is 0.493 e. The number of benzene rings is 2. The fourth-order valence-corrected chi connectivity index (χ4v) is 4.06. The fourth-order valence-electron chi connectivity index (χ4n) is 4.06. The second-order valence-corrected chi connectivity index (χ2v) is 8.12. The molecule has 168 valence electrons. The molecule has 0 spiro atoms. The van der Waals surface area contributed by atoms with Crippen LogP contribution in [0.1, 0.15) is 22.7 Å². The summed E-state index contributed by atoms with van der Waals surface area (Å²) in [6.45, 7) is 7.65. The van der Waals surface area contributed by atoms with E-state index >= 15 is 0 Å². The number of β-amino-alcohol motifs (C(OH)–C–C–N with tert-alkyl or cyclic N) is 1. The lowest BCUT2D eigenvalue weighted by Crippen LogP contribution is -2.52. The van der Waals surface area contributed by atoms with Crippen molar-refractivity contribution in [2.75, 3.05) is 46.4 Å². The lowest BCUT2D eigenvalue weighted by atomic mass is 9.96. The van der Waals surface area contributed by atoms with E-state index in [0.29, 0.717) is 31.1 Å². The van der Waals surface area contributed by atoms with Crippen LogP contribution < -0.4 is 15.2 Å². The van der Waals surface area contributed by atoms with E-state index in [1.54, 1.807) is 7.11 Å². The van der Waals surface area contributed by atoms with E-state index in [0.717, 1.165) is 29.8 Å². The molecule has 0 aromatic heterocycles. The Labute approximate surface area is 184 Å². The van der Waals surface area contributed by atoms with Crippen LogP contribution >= 0.6 is 0 Å². The highest BCUT2D eigenvalue weighted by atomic mass is 16.5. The monoisotopic (exact) mass is 427 g/mol. The van der Waals surface area contributed by atoms with E-state index in [-0.39, 0.29) is 12.5 Å². The molecular weight excluding hydrogens is 394 g/mol. The van der Waals surface area contributed by atoms with Crippen LogP contribution in [0.4, 0.5) is 0 Å². The number of primary amides is 1. The number of methoxy groups -OCH3 is 1. The van der Waals surface area contributed by atoms with Gasteiger partial charge in [-0.2, -0.15) is 0 Å². The molecule has 7 nitrogen and oxygen atoms in total. The van der Waals surface area contributed by atoms with E-state index in [1.807, 2.05) is 50.2 Å². The predicted molar refractivity (Wildman–Crippen MR) is 120 cm³/mol. The first kappa shape index (κ1) is 23.1. The van der Waals surface area contributed by atoms with Crippen LogP contribution in [-0.2, 0) is 4.79 Å². The molecule has 0 saturated carbocycles. The van der Waals surface area contributed by atoms with Crippen molar-refractivity contribution in [2.45, 2.75) is 26.0 Å². The van der Waals surface area contributed by atoms with Gasteiger partial charge in [-0.15, -0.1) is 0 Å². The number of nitrogens with two attached hydrogens (primary N) is 1. The van der Waals surface area contributed by atoms with Gasteiger partial charge in [0, 0.05) is 32.7 Å². The summed E-state index contributed by atoms with van der Waals surface area (Å²) < 4.78 is 11.0. The number of carbonyl (C=O) groups is 1. The number of aliphatic hydroxyl groups excluding tert-OH is 1. The third kappa shape index (κ3) is 5.97. The average Bonchev–Trinajstić information content (AvgIpc) is 2.76. The molecular formula is C24H33N3O4. The summed E-state index contributed by atoms with van der Waals surface area (Å²) in [4.78, 5) is 16.6. The van der Waals surface area contributed by atoms with Crippen molar-refractivity contribution >= 4 is 5.91 Å². The van der Waals surface area contributed by atoms with Crippen molar-refractivity contribution < 1.29 is 19.4 Å². The average molecular weight is 428 g/mol. The van der Waals surface area contributed by atoms with Gasteiger partial charge in [0.1, 0.15) is 18.8 Å². The molecule has 0 bridgehead atoms. The molecule has 1 aliphatic rings. The molecule has 3 rings (SSSR count). The van der Waals surface area contributed by atoms with Crippen molar-refractivity contribution in [3.63, 3.8) is 0 Å². The van der Waals surface area contributed by atoms with Gasteiger partial charge in [-0.05, 0) is 37.1 Å². The normalized spacial score (nSPS) is 17.2. The summed E-state index contributed by atoms with van der Waals surface area (Å²) >= 11 is 0. The molecule has 2 unspecified atom stereocenters. The number of hydrogen-bond donors (Lipinski definition) is 2. The Balaban J connectivity index is 1.53. The molecule has 1 saturated heterocycles. The topological polar surface area (TPSA) is 88.3 Å². The number of nitrogens with zero attached hydrogens (tertiary/aromatic N) is 2. The first-order valence-corrected chi connectivity index (χ1v) is 10.7. The molecule has 1 aliphatic heterocycles. The molecule has 1 amide bonds. The van der Waals surface area contributed by atoms with Crippen LogP contribution in [0.3, 0.4) is 0 Å². The minimum Gasteiger partial charge on any atom is -0.493 e. The molecule has 0 aliphatic carbocycles. The van der Waals surface area contributed by atoms with Crippen LogP contribution in [0.2, 0.25) is 0 Å². The molecule has 2 atom stereocenters. The number of amides is 1. The molecule has 2 aromatic carbocycles. The number of aliphatic hydroxyl groups is 1. The van der Waals surface area contributed by atoms with Gasteiger partial charge in [0.05, 0.1) is 7.11 Å². The predicted octanol–water partition coefficient (Wildman–Crippen LogP) is 1.90. The Bertz CT molecular complexity index is 881. The third-order valence-corrected chi connectivity index (χ3v) is 5.74. The van der Waals surface area contributed by atoms with Crippen molar-refractivity contribution in [1.29, 1.82) is 0 Å². The Morgan fingerprint density at radius 2 is 1.77 bits per heavy atom. The van der Waals surface area contributed by atoms with E-state index in [9.17, 15) is 9.90 Å². The molecule has 3 N–H and O–H groups in total. The summed E-state index contributed by atoms with van der Waals surface area (Å²) in [6.07, 6.45) is -0.623. The summed E-state index contributed by atoms with van der Waals surface area (Å²) in [5, 5.41) is 10.4. The van der Waals surface area contributed by atoms with E-state index in [1.165, 1.54) is 0 Å². The lowest BCUT2D eigenvalue weighted by molar-refractivity contribution is -0.124. The SMILES string of the molecule is COc1ccccc1OCC(O)CN1CCN(C(C(N)=O)c2cc(C)ccc2C)CC1. The molecule has 0 radical (unpaired) electrons. The Kier molecular flexibility index (Phi) is 7.90. The van der Waals surface area contributed by atoms with Gasteiger partial charge in [-0.3, -0.25) is 14.6 Å². The first-order valence-electron chi connectivity index (χ1n) is 10.7. The summed E-state index contributed by atoms with van der Waals surface area (Å²) in [7, 11) is 1.59. The number of para-hydroxylation sites is 2. The van der Waals surface area contributed by atoms with E-state index in [4.69, 9.17) is 15.2 Å². The zero-order valence-electron chi connectivity index (χ0n) is 18.6.